The molecule has 30 heavy (non-hydrogen) atoms. The molecule has 1 fully saturated rings. The maximum absolute atomic E-state index is 13.9. The number of rotatable bonds is 4. The summed E-state index contributed by atoms with van der Waals surface area (Å²) in [6.07, 6.45) is 0. The van der Waals surface area contributed by atoms with Gasteiger partial charge < -0.3 is 5.32 Å². The van der Waals surface area contributed by atoms with Crippen LogP contribution in [0.2, 0.25) is 0 Å². The van der Waals surface area contributed by atoms with Crippen molar-refractivity contribution in [3.05, 3.63) is 29.8 Å². The van der Waals surface area contributed by atoms with E-state index in [1.807, 2.05) is 0 Å². The van der Waals surface area contributed by atoms with Crippen molar-refractivity contribution in [1.29, 1.82) is 5.26 Å². The summed E-state index contributed by atoms with van der Waals surface area (Å²) < 4.78 is 162. The van der Waals surface area contributed by atoms with Crippen LogP contribution >= 0.6 is 0 Å². The summed E-state index contributed by atoms with van der Waals surface area (Å²) in [4.78, 5) is 7.80. The topological polar surface area (TPSA) is 56.1 Å². The molecule has 1 amide bonds. The van der Waals surface area contributed by atoms with Gasteiger partial charge in [-0.2, -0.15) is 57.9 Å². The lowest BCUT2D eigenvalue weighted by atomic mass is 10.2. The van der Waals surface area contributed by atoms with E-state index >= 15 is 0 Å². The zero-order valence-electron chi connectivity index (χ0n) is 13.6. The smallest absolute Gasteiger partial charge is 0.321 e. The molecule has 1 aromatic rings. The number of nitriles is 1. The third-order valence-electron chi connectivity index (χ3n) is 3.90. The second-order valence-corrected chi connectivity index (χ2v) is 5.83. The largest absolute Gasteiger partial charge is 0.401 e. The summed E-state index contributed by atoms with van der Waals surface area (Å²) in [5.41, 5.74) is -1.16. The Balaban J connectivity index is 2.52. The monoisotopic (exact) mass is 459 g/mol. The van der Waals surface area contributed by atoms with Gasteiger partial charge in [-0.1, -0.05) is 6.07 Å². The van der Waals surface area contributed by atoms with E-state index < -0.39 is 52.4 Å². The van der Waals surface area contributed by atoms with Gasteiger partial charge in [0, 0.05) is 5.69 Å². The first-order chi connectivity index (χ1) is 13.3. The highest BCUT2D eigenvalue weighted by atomic mass is 19.4. The van der Waals surface area contributed by atoms with Gasteiger partial charge in [-0.15, -0.1) is 4.90 Å². The van der Waals surface area contributed by atoms with Gasteiger partial charge in [-0.05, 0) is 18.2 Å². The number of halogens is 12. The number of hydrogen-bond acceptors (Lipinski definition) is 3. The van der Waals surface area contributed by atoms with Gasteiger partial charge in [-0.3, -0.25) is 4.79 Å². The number of likely N-dealkylation sites (tertiary alicyclic amines) is 1. The highest BCUT2D eigenvalue weighted by Gasteiger charge is 2.98. The lowest BCUT2D eigenvalue weighted by molar-refractivity contribution is -0.399. The number of nitrogens with one attached hydrogen (secondary N) is 1. The zero-order chi connectivity index (χ0) is 23.6. The molecule has 1 aromatic carbocycles. The zero-order valence-corrected chi connectivity index (χ0v) is 13.6. The molecule has 166 valence electrons. The Kier molecular flexibility index (Phi) is 5.03. The number of amides is 1. The van der Waals surface area contributed by atoms with Crippen LogP contribution in [0, 0.1) is 11.3 Å². The molecule has 1 aliphatic heterocycles. The highest BCUT2D eigenvalue weighted by Crippen LogP contribution is 2.66. The maximum Gasteiger partial charge on any atom is 0.401 e. The van der Waals surface area contributed by atoms with E-state index in [0.29, 0.717) is 12.1 Å². The van der Waals surface area contributed by atoms with E-state index in [1.54, 1.807) is 0 Å². The molecular weight excluding hydrogens is 454 g/mol. The average molecular weight is 459 g/mol. The standard InChI is InChI=1S/C14H5F12N3O/c15-9(16,8(30)28-7-3-1-2-6(4-7)5-27)12(21,22)29-13(23,24)10(17,18)11(19,20)14(29,25)26/h1-4H,(H,28,30). The summed E-state index contributed by atoms with van der Waals surface area (Å²) in [7, 11) is 0. The van der Waals surface area contributed by atoms with Crippen LogP contribution in [0.1, 0.15) is 5.56 Å². The number of benzene rings is 1. The quantitative estimate of drug-likeness (QED) is 0.533. The van der Waals surface area contributed by atoms with Crippen LogP contribution in [0.4, 0.5) is 58.4 Å². The summed E-state index contributed by atoms with van der Waals surface area (Å²) >= 11 is 0. The maximum atomic E-state index is 13.9. The van der Waals surface area contributed by atoms with Crippen LogP contribution in [0.15, 0.2) is 24.3 Å². The van der Waals surface area contributed by atoms with E-state index in [2.05, 4.69) is 0 Å². The van der Waals surface area contributed by atoms with E-state index in [9.17, 15) is 57.5 Å². The minimum absolute atomic E-state index is 0.334. The van der Waals surface area contributed by atoms with Crippen LogP contribution < -0.4 is 5.32 Å². The van der Waals surface area contributed by atoms with Gasteiger partial charge >= 0.3 is 41.8 Å². The van der Waals surface area contributed by atoms with E-state index in [1.165, 1.54) is 6.07 Å². The summed E-state index contributed by atoms with van der Waals surface area (Å²) in [6.45, 7) is 0. The van der Waals surface area contributed by atoms with Crippen LogP contribution in [-0.2, 0) is 4.79 Å². The minimum atomic E-state index is -7.24. The van der Waals surface area contributed by atoms with Gasteiger partial charge in [0.05, 0.1) is 11.6 Å². The Morgan fingerprint density at radius 1 is 0.933 bits per heavy atom. The molecule has 0 spiro atoms. The summed E-state index contributed by atoms with van der Waals surface area (Å²) in [5, 5.41) is 9.57. The van der Waals surface area contributed by atoms with Crippen molar-refractivity contribution in [3.63, 3.8) is 0 Å². The van der Waals surface area contributed by atoms with Crippen LogP contribution in [-0.4, -0.2) is 46.7 Å². The van der Waals surface area contributed by atoms with Gasteiger partial charge in [0.15, 0.2) is 0 Å². The first kappa shape index (κ1) is 23.6. The minimum Gasteiger partial charge on any atom is -0.321 e. The normalized spacial score (nSPS) is 22.4. The molecule has 0 atom stereocenters. The average Bonchev–Trinajstić information content (AvgIpc) is 2.67. The molecule has 0 aliphatic carbocycles. The number of carbonyl (C=O) groups is 1. The summed E-state index contributed by atoms with van der Waals surface area (Å²) in [6, 6.07) is -16.9. The molecule has 1 aliphatic rings. The predicted molar refractivity (Wildman–Crippen MR) is 71.3 cm³/mol. The van der Waals surface area contributed by atoms with Gasteiger partial charge in [0.25, 0.3) is 0 Å². The third-order valence-corrected chi connectivity index (χ3v) is 3.90. The van der Waals surface area contributed by atoms with Gasteiger partial charge in [-0.25, -0.2) is 0 Å². The fraction of sp³-hybridized carbons (Fsp3) is 0.429. The Morgan fingerprint density at radius 2 is 1.40 bits per heavy atom. The molecule has 0 bridgehead atoms. The molecule has 0 unspecified atom stereocenters. The van der Waals surface area contributed by atoms with Gasteiger partial charge in [0.1, 0.15) is 0 Å². The second kappa shape index (κ2) is 6.40. The van der Waals surface area contributed by atoms with Crippen molar-refractivity contribution >= 4 is 11.6 Å². The second-order valence-electron chi connectivity index (χ2n) is 5.83. The fourth-order valence-electron chi connectivity index (χ4n) is 2.34. The number of alkyl halides is 12. The number of nitrogens with zero attached hydrogens (tertiary/aromatic N) is 2. The Labute approximate surface area is 157 Å². The Morgan fingerprint density at radius 3 is 1.83 bits per heavy atom. The molecule has 4 nitrogen and oxygen atoms in total. The summed E-state index contributed by atoms with van der Waals surface area (Å²) in [5.74, 6) is -24.4. The fourth-order valence-corrected chi connectivity index (χ4v) is 2.34. The molecule has 1 saturated heterocycles. The lowest BCUT2D eigenvalue weighted by Gasteiger charge is -2.37. The molecule has 0 saturated carbocycles. The van der Waals surface area contributed by atoms with Gasteiger partial charge in [0.2, 0.25) is 0 Å². The van der Waals surface area contributed by atoms with E-state index in [0.717, 1.165) is 17.4 Å². The molecule has 0 aromatic heterocycles. The van der Waals surface area contributed by atoms with Crippen molar-refractivity contribution in [2.75, 3.05) is 5.32 Å². The number of carbonyl (C=O) groups excluding carboxylic acids is 1. The Bertz CT molecular complexity index is 882. The van der Waals surface area contributed by atoms with Crippen LogP contribution in [0.5, 0.6) is 0 Å². The molecule has 0 radical (unpaired) electrons. The molecular formula is C14H5F12N3O. The van der Waals surface area contributed by atoms with Crippen LogP contribution in [0.3, 0.4) is 0 Å². The predicted octanol–water partition coefficient (Wildman–Crippen LogP) is 4.50. The molecule has 2 rings (SSSR count). The van der Waals surface area contributed by atoms with Crippen LogP contribution in [0.25, 0.3) is 0 Å². The third kappa shape index (κ3) is 2.78. The van der Waals surface area contributed by atoms with Crippen molar-refractivity contribution in [3.8, 4) is 6.07 Å². The first-order valence-corrected chi connectivity index (χ1v) is 7.19. The molecule has 1 heterocycles. The van der Waals surface area contributed by atoms with Crippen molar-refractivity contribution in [1.82, 2.24) is 4.90 Å². The van der Waals surface area contributed by atoms with E-state index in [4.69, 9.17) is 5.26 Å². The van der Waals surface area contributed by atoms with E-state index in [-0.39, 0.29) is 5.56 Å². The Hall–Kier alpha value is -2.70. The molecule has 16 heteroatoms. The number of hydrogen-bond donors (Lipinski definition) is 1. The molecule has 1 N–H and O–H groups in total. The SMILES string of the molecule is N#Cc1cccc(NC(=O)C(F)(F)C(F)(F)N2C(F)(F)C(F)(F)C(F)(F)C2(F)F)c1. The first-order valence-electron chi connectivity index (χ1n) is 7.19. The van der Waals surface area contributed by atoms with Crippen molar-refractivity contribution in [2.24, 2.45) is 0 Å². The van der Waals surface area contributed by atoms with Crippen molar-refractivity contribution in [2.45, 2.75) is 35.9 Å². The highest BCUT2D eigenvalue weighted by molar-refractivity contribution is 5.97. The lowest BCUT2D eigenvalue weighted by Crippen LogP contribution is -2.67. The van der Waals surface area contributed by atoms with Crippen molar-refractivity contribution < 1.29 is 57.5 Å². The number of anilines is 1.